The number of carbonyl (C=O) groups is 1. The molecule has 1 aromatic rings. The summed E-state index contributed by atoms with van der Waals surface area (Å²) in [4.78, 5) is 11.8. The Bertz CT molecular complexity index is 508. The third-order valence-electron chi connectivity index (χ3n) is 3.54. The fourth-order valence-electron chi connectivity index (χ4n) is 2.39. The van der Waals surface area contributed by atoms with Gasteiger partial charge in [0.15, 0.2) is 0 Å². The lowest BCUT2D eigenvalue weighted by Gasteiger charge is -2.13. The van der Waals surface area contributed by atoms with Crippen LogP contribution in [-0.4, -0.2) is 18.6 Å². The lowest BCUT2D eigenvalue weighted by Crippen LogP contribution is -2.16. The Labute approximate surface area is 121 Å². The van der Waals surface area contributed by atoms with Gasteiger partial charge in [-0.3, -0.25) is 4.79 Å². The molecule has 0 saturated carbocycles. The van der Waals surface area contributed by atoms with Gasteiger partial charge in [-0.25, -0.2) is 0 Å². The first-order valence-electron chi connectivity index (χ1n) is 6.95. The molecule has 1 N–H and O–H groups in total. The van der Waals surface area contributed by atoms with E-state index in [9.17, 15) is 18.0 Å². The summed E-state index contributed by atoms with van der Waals surface area (Å²) in [6.07, 6.45) is -1.53. The minimum atomic E-state index is -4.41. The topological polar surface area (TPSA) is 38.3 Å². The highest BCUT2D eigenvalue weighted by Gasteiger charge is 2.32. The maximum atomic E-state index is 12.8. The van der Waals surface area contributed by atoms with Crippen LogP contribution in [0.15, 0.2) is 18.2 Å². The molecule has 2 rings (SSSR count). The summed E-state index contributed by atoms with van der Waals surface area (Å²) in [5.74, 6) is -0.289. The van der Waals surface area contributed by atoms with Crippen molar-refractivity contribution in [2.24, 2.45) is 0 Å². The van der Waals surface area contributed by atoms with E-state index < -0.39 is 11.7 Å². The zero-order chi connectivity index (χ0) is 15.5. The third-order valence-corrected chi connectivity index (χ3v) is 3.54. The number of carbonyl (C=O) groups excluding carboxylic acids is 1. The molecule has 0 bridgehead atoms. The van der Waals surface area contributed by atoms with Crippen molar-refractivity contribution in [3.8, 4) is 0 Å². The Balaban J connectivity index is 1.94. The van der Waals surface area contributed by atoms with Crippen LogP contribution >= 0.6 is 0 Å². The number of hydrogen-bond donors (Lipinski definition) is 1. The van der Waals surface area contributed by atoms with E-state index >= 15 is 0 Å². The molecular formula is C15H18F3NO2. The van der Waals surface area contributed by atoms with Crippen LogP contribution < -0.4 is 5.32 Å². The number of aryl methyl sites for hydroxylation is 1. The molecule has 1 aliphatic rings. The predicted molar refractivity (Wildman–Crippen MR) is 73.0 cm³/mol. The van der Waals surface area contributed by atoms with E-state index in [0.29, 0.717) is 6.42 Å². The fraction of sp³-hybridized carbons (Fsp3) is 0.533. The van der Waals surface area contributed by atoms with Crippen molar-refractivity contribution in [3.63, 3.8) is 0 Å². The normalized spacial score (nSPS) is 18.8. The molecule has 0 spiro atoms. The molecule has 0 aliphatic carbocycles. The molecule has 1 unspecified atom stereocenters. The average molecular weight is 301 g/mol. The second-order valence-corrected chi connectivity index (χ2v) is 5.25. The first-order chi connectivity index (χ1) is 9.86. The summed E-state index contributed by atoms with van der Waals surface area (Å²) < 4.78 is 43.8. The molecule has 0 radical (unpaired) electrons. The number of amides is 1. The first kappa shape index (κ1) is 15.8. The number of halogens is 3. The van der Waals surface area contributed by atoms with Crippen molar-refractivity contribution < 1.29 is 22.7 Å². The number of ether oxygens (including phenoxy) is 1. The van der Waals surface area contributed by atoms with Crippen LogP contribution in [0.3, 0.4) is 0 Å². The minimum absolute atomic E-state index is 0.0968. The zero-order valence-electron chi connectivity index (χ0n) is 11.8. The summed E-state index contributed by atoms with van der Waals surface area (Å²) in [5.41, 5.74) is -0.412. The monoisotopic (exact) mass is 301 g/mol. The van der Waals surface area contributed by atoms with Crippen molar-refractivity contribution in [1.82, 2.24) is 0 Å². The van der Waals surface area contributed by atoms with Crippen LogP contribution in [0.4, 0.5) is 18.9 Å². The third kappa shape index (κ3) is 4.46. The molecule has 1 heterocycles. The molecule has 0 aromatic heterocycles. The van der Waals surface area contributed by atoms with Crippen LogP contribution in [0.1, 0.15) is 36.8 Å². The van der Waals surface area contributed by atoms with E-state index in [0.717, 1.165) is 25.5 Å². The van der Waals surface area contributed by atoms with Gasteiger partial charge in [-0.05, 0) is 43.9 Å². The van der Waals surface area contributed by atoms with Gasteiger partial charge in [-0.15, -0.1) is 0 Å². The Morgan fingerprint density at radius 1 is 1.43 bits per heavy atom. The summed E-state index contributed by atoms with van der Waals surface area (Å²) >= 11 is 0. The quantitative estimate of drug-likeness (QED) is 0.915. The number of anilines is 1. The highest BCUT2D eigenvalue weighted by Crippen LogP contribution is 2.33. The number of nitrogens with one attached hydrogen (secondary N) is 1. The Kier molecular flexibility index (Phi) is 4.88. The van der Waals surface area contributed by atoms with E-state index in [-0.39, 0.29) is 29.7 Å². The fourth-order valence-corrected chi connectivity index (χ4v) is 2.39. The Hall–Kier alpha value is -1.56. The molecule has 21 heavy (non-hydrogen) atoms. The van der Waals surface area contributed by atoms with E-state index in [2.05, 4.69) is 5.32 Å². The molecule has 6 heteroatoms. The van der Waals surface area contributed by atoms with Gasteiger partial charge in [-0.1, -0.05) is 6.07 Å². The summed E-state index contributed by atoms with van der Waals surface area (Å²) in [5, 5.41) is 2.51. The zero-order valence-corrected chi connectivity index (χ0v) is 11.8. The Morgan fingerprint density at radius 2 is 2.19 bits per heavy atom. The van der Waals surface area contributed by atoms with E-state index in [1.54, 1.807) is 0 Å². The van der Waals surface area contributed by atoms with E-state index in [1.165, 1.54) is 19.1 Å². The van der Waals surface area contributed by atoms with Crippen molar-refractivity contribution >= 4 is 11.6 Å². The second-order valence-electron chi connectivity index (χ2n) is 5.25. The molecule has 3 nitrogen and oxygen atoms in total. The Morgan fingerprint density at radius 3 is 2.81 bits per heavy atom. The number of rotatable bonds is 4. The van der Waals surface area contributed by atoms with Gasteiger partial charge in [-0.2, -0.15) is 13.2 Å². The standard InChI is InChI=1S/C15H18F3NO2/c1-10-4-5-11(9-13(10)15(16,17)18)19-14(20)7-6-12-3-2-8-21-12/h4-5,9,12H,2-3,6-8H2,1H3,(H,19,20). The highest BCUT2D eigenvalue weighted by molar-refractivity contribution is 5.90. The van der Waals surface area contributed by atoms with Gasteiger partial charge in [0.2, 0.25) is 5.91 Å². The van der Waals surface area contributed by atoms with Crippen LogP contribution in [0.25, 0.3) is 0 Å². The largest absolute Gasteiger partial charge is 0.416 e. The van der Waals surface area contributed by atoms with Crippen LogP contribution in [0.5, 0.6) is 0 Å². The maximum Gasteiger partial charge on any atom is 0.416 e. The van der Waals surface area contributed by atoms with Gasteiger partial charge in [0, 0.05) is 18.7 Å². The molecular weight excluding hydrogens is 283 g/mol. The molecule has 1 amide bonds. The molecule has 1 aliphatic heterocycles. The van der Waals surface area contributed by atoms with E-state index in [1.807, 2.05) is 0 Å². The highest BCUT2D eigenvalue weighted by atomic mass is 19.4. The average Bonchev–Trinajstić information content (AvgIpc) is 2.90. The lowest BCUT2D eigenvalue weighted by molar-refractivity contribution is -0.138. The lowest BCUT2D eigenvalue weighted by atomic mass is 10.1. The second kappa shape index (κ2) is 6.47. The SMILES string of the molecule is Cc1ccc(NC(=O)CCC2CCCO2)cc1C(F)(F)F. The summed E-state index contributed by atoms with van der Waals surface area (Å²) in [7, 11) is 0. The maximum absolute atomic E-state index is 12.8. The molecule has 1 aromatic carbocycles. The van der Waals surface area contributed by atoms with Gasteiger partial charge in [0.05, 0.1) is 11.7 Å². The summed E-state index contributed by atoms with van der Waals surface area (Å²) in [6.45, 7) is 2.12. The van der Waals surface area contributed by atoms with Gasteiger partial charge >= 0.3 is 6.18 Å². The molecule has 1 saturated heterocycles. The minimum Gasteiger partial charge on any atom is -0.378 e. The first-order valence-corrected chi connectivity index (χ1v) is 6.95. The van der Waals surface area contributed by atoms with Crippen molar-refractivity contribution in [2.45, 2.75) is 44.9 Å². The van der Waals surface area contributed by atoms with E-state index in [4.69, 9.17) is 4.74 Å². The van der Waals surface area contributed by atoms with Crippen LogP contribution in [-0.2, 0) is 15.7 Å². The number of benzene rings is 1. The van der Waals surface area contributed by atoms with Crippen LogP contribution in [0, 0.1) is 6.92 Å². The smallest absolute Gasteiger partial charge is 0.378 e. The van der Waals surface area contributed by atoms with Crippen molar-refractivity contribution in [3.05, 3.63) is 29.3 Å². The van der Waals surface area contributed by atoms with Gasteiger partial charge < -0.3 is 10.1 Å². The van der Waals surface area contributed by atoms with Crippen molar-refractivity contribution in [2.75, 3.05) is 11.9 Å². The molecule has 116 valence electrons. The number of alkyl halides is 3. The van der Waals surface area contributed by atoms with Crippen LogP contribution in [0.2, 0.25) is 0 Å². The molecule has 1 fully saturated rings. The summed E-state index contributed by atoms with van der Waals surface area (Å²) in [6, 6.07) is 3.81. The molecule has 1 atom stereocenters. The van der Waals surface area contributed by atoms with Crippen molar-refractivity contribution in [1.29, 1.82) is 0 Å². The predicted octanol–water partition coefficient (Wildman–Crippen LogP) is 3.91. The number of hydrogen-bond acceptors (Lipinski definition) is 2. The van der Waals surface area contributed by atoms with Gasteiger partial charge in [0.25, 0.3) is 0 Å². The van der Waals surface area contributed by atoms with Gasteiger partial charge in [0.1, 0.15) is 0 Å².